The third kappa shape index (κ3) is 2.62. The Morgan fingerprint density at radius 2 is 1.96 bits per heavy atom. The summed E-state index contributed by atoms with van der Waals surface area (Å²) in [6.45, 7) is 2.08. The van der Waals surface area contributed by atoms with Crippen LogP contribution in [-0.4, -0.2) is 39.7 Å². The van der Waals surface area contributed by atoms with E-state index in [1.807, 2.05) is 30.1 Å². The number of hydrogen-bond donors (Lipinski definition) is 0. The van der Waals surface area contributed by atoms with Gasteiger partial charge in [-0.05, 0) is 30.7 Å². The first kappa shape index (κ1) is 15.6. The summed E-state index contributed by atoms with van der Waals surface area (Å²) in [6.07, 6.45) is 7.13. The molecule has 4 aromatic heterocycles. The first-order valence-electron chi connectivity index (χ1n) is 8.61. The number of pyridine rings is 1. The minimum atomic E-state index is -0.0312. The lowest BCUT2D eigenvalue weighted by Gasteiger charge is -2.13. The lowest BCUT2D eigenvalue weighted by atomic mass is 10.1. The molecule has 132 valence electrons. The average molecular weight is 356 g/mol. The van der Waals surface area contributed by atoms with Crippen LogP contribution in [0, 0.1) is 0 Å². The minimum Gasteiger partial charge on any atom is -0.275 e. The summed E-state index contributed by atoms with van der Waals surface area (Å²) < 4.78 is 3.55. The molecule has 0 aliphatic rings. The minimum absolute atomic E-state index is 0.0312. The van der Waals surface area contributed by atoms with Gasteiger partial charge in [-0.1, -0.05) is 17.3 Å². The van der Waals surface area contributed by atoms with Crippen LogP contribution in [-0.2, 0) is 7.05 Å². The van der Waals surface area contributed by atoms with Crippen molar-refractivity contribution in [1.82, 2.24) is 39.7 Å². The van der Waals surface area contributed by atoms with Gasteiger partial charge in [0.1, 0.15) is 0 Å². The van der Waals surface area contributed by atoms with E-state index in [0.717, 1.165) is 22.0 Å². The van der Waals surface area contributed by atoms with Gasteiger partial charge in [-0.2, -0.15) is 5.10 Å². The van der Waals surface area contributed by atoms with Crippen molar-refractivity contribution in [3.63, 3.8) is 0 Å². The molecule has 0 spiro atoms. The van der Waals surface area contributed by atoms with Crippen molar-refractivity contribution in [2.75, 3.05) is 0 Å². The molecule has 1 atom stereocenters. The van der Waals surface area contributed by atoms with E-state index in [2.05, 4.69) is 55.5 Å². The zero-order chi connectivity index (χ0) is 18.4. The number of benzene rings is 1. The number of fused-ring (bicyclic) bond motifs is 2. The van der Waals surface area contributed by atoms with Crippen molar-refractivity contribution in [2.24, 2.45) is 7.05 Å². The van der Waals surface area contributed by atoms with Gasteiger partial charge in [0, 0.05) is 24.8 Å². The summed E-state index contributed by atoms with van der Waals surface area (Å²) in [5, 5.41) is 13.8. The van der Waals surface area contributed by atoms with E-state index in [1.54, 1.807) is 23.3 Å². The fraction of sp³-hybridized carbons (Fsp3) is 0.158. The molecule has 0 N–H and O–H groups in total. The summed E-state index contributed by atoms with van der Waals surface area (Å²) in [5.74, 6) is 0.606. The first-order valence-corrected chi connectivity index (χ1v) is 8.61. The number of rotatable bonds is 3. The van der Waals surface area contributed by atoms with Crippen LogP contribution in [0.15, 0.2) is 55.1 Å². The molecule has 0 saturated carbocycles. The Bertz CT molecular complexity index is 1270. The molecule has 0 bridgehead atoms. The van der Waals surface area contributed by atoms with E-state index < -0.39 is 0 Å². The number of nitrogens with zero attached hydrogens (tertiary/aromatic N) is 8. The van der Waals surface area contributed by atoms with E-state index in [4.69, 9.17) is 0 Å². The maximum atomic E-state index is 4.69. The van der Waals surface area contributed by atoms with Gasteiger partial charge in [0.25, 0.3) is 0 Å². The Balaban J connectivity index is 1.60. The fourth-order valence-corrected chi connectivity index (χ4v) is 3.18. The summed E-state index contributed by atoms with van der Waals surface area (Å²) in [7, 11) is 1.87. The van der Waals surface area contributed by atoms with E-state index in [-0.39, 0.29) is 6.04 Å². The zero-order valence-electron chi connectivity index (χ0n) is 14.9. The first-order chi connectivity index (χ1) is 13.2. The quantitative estimate of drug-likeness (QED) is 0.494. The largest absolute Gasteiger partial charge is 0.275 e. The SMILES string of the molecule is C[C@@H](c1ccc2ncccc2c1)n1nnc2cnc(-c3cnn(C)c3)nc21. The summed E-state index contributed by atoms with van der Waals surface area (Å²) >= 11 is 0. The second kappa shape index (κ2) is 5.94. The molecule has 0 saturated heterocycles. The van der Waals surface area contributed by atoms with Crippen molar-refractivity contribution in [2.45, 2.75) is 13.0 Å². The predicted octanol–water partition coefficient (Wildman–Crippen LogP) is 2.78. The molecule has 0 fully saturated rings. The number of aromatic nitrogens is 8. The molecule has 0 radical (unpaired) electrons. The molecule has 0 unspecified atom stereocenters. The van der Waals surface area contributed by atoms with Gasteiger partial charge in [0.2, 0.25) is 0 Å². The molecule has 27 heavy (non-hydrogen) atoms. The predicted molar refractivity (Wildman–Crippen MR) is 101 cm³/mol. The van der Waals surface area contributed by atoms with E-state index >= 15 is 0 Å². The normalized spacial score (nSPS) is 12.7. The highest BCUT2D eigenvalue weighted by molar-refractivity contribution is 5.79. The zero-order valence-corrected chi connectivity index (χ0v) is 14.9. The van der Waals surface area contributed by atoms with Crippen LogP contribution in [0.1, 0.15) is 18.5 Å². The molecule has 0 aliphatic heterocycles. The molecule has 4 heterocycles. The van der Waals surface area contributed by atoms with Crippen LogP contribution < -0.4 is 0 Å². The highest BCUT2D eigenvalue weighted by Crippen LogP contribution is 2.24. The van der Waals surface area contributed by atoms with Gasteiger partial charge >= 0.3 is 0 Å². The second-order valence-electron chi connectivity index (χ2n) is 6.47. The Hall–Kier alpha value is -3.68. The van der Waals surface area contributed by atoms with E-state index in [1.165, 1.54) is 0 Å². The Morgan fingerprint density at radius 1 is 1.04 bits per heavy atom. The van der Waals surface area contributed by atoms with Crippen LogP contribution in [0.25, 0.3) is 33.5 Å². The summed E-state index contributed by atoms with van der Waals surface area (Å²) in [5.41, 5.74) is 4.30. The second-order valence-corrected chi connectivity index (χ2v) is 6.47. The highest BCUT2D eigenvalue weighted by atomic mass is 15.5. The maximum absolute atomic E-state index is 4.69. The van der Waals surface area contributed by atoms with Gasteiger partial charge in [-0.25, -0.2) is 14.6 Å². The average Bonchev–Trinajstić information content (AvgIpc) is 3.32. The van der Waals surface area contributed by atoms with Crippen LogP contribution in [0.2, 0.25) is 0 Å². The maximum Gasteiger partial charge on any atom is 0.182 e. The summed E-state index contributed by atoms with van der Waals surface area (Å²) in [4.78, 5) is 13.5. The van der Waals surface area contributed by atoms with Crippen molar-refractivity contribution < 1.29 is 0 Å². The van der Waals surface area contributed by atoms with Gasteiger partial charge in [0.15, 0.2) is 17.0 Å². The van der Waals surface area contributed by atoms with Crippen LogP contribution in [0.5, 0.6) is 0 Å². The molecule has 8 nitrogen and oxygen atoms in total. The smallest absolute Gasteiger partial charge is 0.182 e. The molecule has 0 aliphatic carbocycles. The Morgan fingerprint density at radius 3 is 2.81 bits per heavy atom. The standard InChI is InChI=1S/C19H16N8/c1-12(13-5-6-16-14(8-13)4-3-7-20-16)27-19-17(24-25-27)10-21-18(23-19)15-9-22-26(2)11-15/h3-12H,1-2H3/t12-/m0/s1. The van der Waals surface area contributed by atoms with Crippen molar-refractivity contribution in [1.29, 1.82) is 0 Å². The van der Waals surface area contributed by atoms with Gasteiger partial charge in [-0.15, -0.1) is 5.10 Å². The van der Waals surface area contributed by atoms with Gasteiger partial charge < -0.3 is 0 Å². The third-order valence-electron chi connectivity index (χ3n) is 4.66. The molecular formula is C19H16N8. The van der Waals surface area contributed by atoms with Crippen LogP contribution in [0.4, 0.5) is 0 Å². The molecule has 5 rings (SSSR count). The molecule has 0 amide bonds. The highest BCUT2D eigenvalue weighted by Gasteiger charge is 2.17. The number of aryl methyl sites for hydroxylation is 1. The number of hydrogen-bond acceptors (Lipinski definition) is 6. The lowest BCUT2D eigenvalue weighted by molar-refractivity contribution is 0.556. The Labute approximate surface area is 154 Å². The molecule has 8 heteroatoms. The van der Waals surface area contributed by atoms with E-state index in [9.17, 15) is 0 Å². The van der Waals surface area contributed by atoms with Gasteiger partial charge in [-0.3, -0.25) is 9.67 Å². The van der Waals surface area contributed by atoms with Crippen molar-refractivity contribution in [3.05, 3.63) is 60.7 Å². The molecule has 1 aromatic carbocycles. The molecule has 5 aromatic rings. The molecular weight excluding hydrogens is 340 g/mol. The van der Waals surface area contributed by atoms with Crippen molar-refractivity contribution >= 4 is 22.1 Å². The van der Waals surface area contributed by atoms with Gasteiger partial charge in [0.05, 0.1) is 29.5 Å². The fourth-order valence-electron chi connectivity index (χ4n) is 3.18. The third-order valence-corrected chi connectivity index (χ3v) is 4.66. The van der Waals surface area contributed by atoms with Crippen molar-refractivity contribution in [3.8, 4) is 11.4 Å². The summed E-state index contributed by atoms with van der Waals surface area (Å²) in [6, 6.07) is 10.2. The monoisotopic (exact) mass is 356 g/mol. The topological polar surface area (TPSA) is 87.2 Å². The van der Waals surface area contributed by atoms with Crippen LogP contribution >= 0.6 is 0 Å². The van der Waals surface area contributed by atoms with Crippen LogP contribution in [0.3, 0.4) is 0 Å². The lowest BCUT2D eigenvalue weighted by Crippen LogP contribution is -2.09. The van der Waals surface area contributed by atoms with E-state index in [0.29, 0.717) is 17.0 Å². The Kier molecular flexibility index (Phi) is 3.43.